The van der Waals surface area contributed by atoms with E-state index in [4.69, 9.17) is 27.7 Å². The highest BCUT2D eigenvalue weighted by atomic mass is 16.5. The van der Waals surface area contributed by atoms with Crippen LogP contribution in [0.5, 0.6) is 5.75 Å². The zero-order chi connectivity index (χ0) is 58.9. The molecule has 434 valence electrons. The summed E-state index contributed by atoms with van der Waals surface area (Å²) in [5.41, 5.74) is 22.8. The molecule has 0 aliphatic heterocycles. The van der Waals surface area contributed by atoms with Crippen molar-refractivity contribution in [3.05, 3.63) is 29.8 Å². The summed E-state index contributed by atoms with van der Waals surface area (Å²) in [4.78, 5) is 136. The second-order valence-corrected chi connectivity index (χ2v) is 19.2. The van der Waals surface area contributed by atoms with Crippen molar-refractivity contribution in [1.29, 1.82) is 0 Å². The third-order valence-corrected chi connectivity index (χ3v) is 12.2. The van der Waals surface area contributed by atoms with Gasteiger partial charge in [-0.05, 0) is 68.6 Å². The van der Waals surface area contributed by atoms with Crippen molar-refractivity contribution in [2.45, 2.75) is 154 Å². The van der Waals surface area contributed by atoms with Crippen molar-refractivity contribution in [2.75, 3.05) is 26.8 Å². The number of aliphatic hydroxyl groups is 4. The van der Waals surface area contributed by atoms with E-state index in [-0.39, 0.29) is 56.1 Å². The van der Waals surface area contributed by atoms with Crippen LogP contribution in [0.1, 0.15) is 92.7 Å². The smallest absolute Gasteiger partial charge is 0.248 e. The molecule has 0 aromatic heterocycles. The van der Waals surface area contributed by atoms with E-state index in [2.05, 4.69) is 52.8 Å². The molecule has 1 aromatic carbocycles. The molecule has 0 aliphatic rings. The number of rotatable bonds is 35. The van der Waals surface area contributed by atoms with Gasteiger partial charge >= 0.3 is 0 Å². The Morgan fingerprint density at radius 1 is 0.688 bits per heavy atom. The standard InChI is InChI=1S/C48H82N14O15/c1-10-24(6)34(46(75)60-35(26(8)65)45(74)54-19-32(66)56-25(7)39(68)40(50)69)59-41(70)29(12-11-17-53-48(51)52)57-42(71)30(18-22(2)3)58-47(76)37(38(67)23(4)5)62-44(73)33(49)36(27-13-15-28(77-9)16-14-27)61-43(72)31(20-63)55-21-64/h13-16,21-26,29-31,33-39,63,65,67-68H,10-12,17-20,49H2,1-9H3,(H2,50,69)(H,54,74)(H,55,64)(H,56,66)(H,57,71)(H,58,76)(H,59,70)(H,60,75)(H,61,72)(H,62,73)(H4,51,52,53)/t24-,25+,26-,29+,30-,31-,33-,34-,35-,36+,37-,38+,39-/m0/s1. The Morgan fingerprint density at radius 3 is 1.74 bits per heavy atom. The van der Waals surface area contributed by atoms with Gasteiger partial charge in [0, 0.05) is 6.54 Å². The van der Waals surface area contributed by atoms with Crippen LogP contribution in [0.4, 0.5) is 0 Å². The summed E-state index contributed by atoms with van der Waals surface area (Å²) in [7, 11) is 1.41. The number of amides is 10. The van der Waals surface area contributed by atoms with E-state index in [1.165, 1.54) is 45.2 Å². The number of ether oxygens (including phenoxy) is 1. The van der Waals surface area contributed by atoms with E-state index in [1.807, 2.05) is 0 Å². The van der Waals surface area contributed by atoms with Crippen LogP contribution >= 0.6 is 0 Å². The molecule has 29 nitrogen and oxygen atoms in total. The zero-order valence-corrected chi connectivity index (χ0v) is 45.0. The first kappa shape index (κ1) is 67.8. The summed E-state index contributed by atoms with van der Waals surface area (Å²) < 4.78 is 5.21. The Bertz CT molecular complexity index is 2160. The van der Waals surface area contributed by atoms with Crippen LogP contribution in [0, 0.1) is 17.8 Å². The number of nitrogens with two attached hydrogens (primary N) is 4. The van der Waals surface area contributed by atoms with Crippen LogP contribution in [-0.4, -0.2) is 179 Å². The highest BCUT2D eigenvalue weighted by molar-refractivity contribution is 5.97. The number of carbonyl (C=O) groups excluding carboxylic acids is 10. The van der Waals surface area contributed by atoms with Crippen molar-refractivity contribution < 1.29 is 73.1 Å². The van der Waals surface area contributed by atoms with Gasteiger partial charge in [-0.15, -0.1) is 0 Å². The number of hydrogen-bond donors (Lipinski definition) is 17. The molecule has 10 amide bonds. The van der Waals surface area contributed by atoms with Crippen molar-refractivity contribution in [3.8, 4) is 5.75 Å². The SMILES string of the molecule is CC[C@H](C)[C@H](NC(=O)[C@@H](CCCN=C(N)N)NC(=O)[C@H](CC(C)C)NC(=O)[C@@H](NC(=O)[C@@H](N)[C@H](NC(=O)[C@H](CO)NC=O)c1ccc(OC)cc1)[C@H](O)C(C)C)C(=O)N[C@H](C(=O)NCC(=O)N[C@H](C)[C@H](O)C(N)=O)[C@H](C)O. The van der Waals surface area contributed by atoms with Gasteiger partial charge < -0.3 is 95.9 Å². The van der Waals surface area contributed by atoms with E-state index in [9.17, 15) is 68.4 Å². The first-order valence-corrected chi connectivity index (χ1v) is 25.0. The second-order valence-electron chi connectivity index (χ2n) is 19.2. The third kappa shape index (κ3) is 22.9. The molecule has 0 bridgehead atoms. The quantitative estimate of drug-likeness (QED) is 0.0130. The lowest BCUT2D eigenvalue weighted by Gasteiger charge is -2.32. The summed E-state index contributed by atoms with van der Waals surface area (Å²) in [6.45, 7) is 10.8. The molecule has 0 aliphatic carbocycles. The Balaban J connectivity index is 3.57. The number of guanidine groups is 1. The second kappa shape index (κ2) is 33.7. The van der Waals surface area contributed by atoms with E-state index in [1.54, 1.807) is 41.5 Å². The minimum absolute atomic E-state index is 0.00544. The molecular weight excluding hydrogens is 1010 g/mol. The molecule has 13 atom stereocenters. The minimum atomic E-state index is -1.78. The number of nitrogens with one attached hydrogen (secondary N) is 9. The van der Waals surface area contributed by atoms with Crippen molar-refractivity contribution in [2.24, 2.45) is 45.7 Å². The van der Waals surface area contributed by atoms with Gasteiger partial charge in [0.25, 0.3) is 0 Å². The van der Waals surface area contributed by atoms with Gasteiger partial charge in [-0.3, -0.25) is 52.9 Å². The number of primary amides is 1. The van der Waals surface area contributed by atoms with Gasteiger partial charge in [-0.25, -0.2) is 0 Å². The maximum atomic E-state index is 14.3. The summed E-state index contributed by atoms with van der Waals surface area (Å²) >= 11 is 0. The van der Waals surface area contributed by atoms with Crippen molar-refractivity contribution >= 4 is 65.5 Å². The lowest BCUT2D eigenvalue weighted by Crippen LogP contribution is -2.63. The van der Waals surface area contributed by atoms with Gasteiger partial charge in [0.15, 0.2) is 12.1 Å². The van der Waals surface area contributed by atoms with Crippen LogP contribution in [0.15, 0.2) is 29.3 Å². The van der Waals surface area contributed by atoms with Crippen LogP contribution in [0.25, 0.3) is 0 Å². The molecule has 1 aromatic rings. The van der Waals surface area contributed by atoms with Crippen LogP contribution < -0.4 is 75.5 Å². The van der Waals surface area contributed by atoms with E-state index in [0.29, 0.717) is 5.75 Å². The van der Waals surface area contributed by atoms with E-state index >= 15 is 0 Å². The molecule has 0 saturated carbocycles. The van der Waals surface area contributed by atoms with E-state index in [0.717, 1.165) is 0 Å². The number of nitrogens with zero attached hydrogens (tertiary/aromatic N) is 1. The number of aliphatic imine (C=N–C) groups is 1. The predicted octanol–water partition coefficient (Wildman–Crippen LogP) is -6.28. The molecular formula is C48H82N14O15. The van der Waals surface area contributed by atoms with Crippen molar-refractivity contribution in [1.82, 2.24) is 47.9 Å². The highest BCUT2D eigenvalue weighted by Gasteiger charge is 2.39. The fourth-order valence-corrected chi connectivity index (χ4v) is 7.35. The van der Waals surface area contributed by atoms with E-state index < -0.39 is 151 Å². The monoisotopic (exact) mass is 1090 g/mol. The number of methoxy groups -OCH3 is 1. The fourth-order valence-electron chi connectivity index (χ4n) is 7.35. The van der Waals surface area contributed by atoms with Gasteiger partial charge in [0.1, 0.15) is 48.0 Å². The van der Waals surface area contributed by atoms with Crippen molar-refractivity contribution in [3.63, 3.8) is 0 Å². The summed E-state index contributed by atoms with van der Waals surface area (Å²) in [5.74, 6) is -10.2. The largest absolute Gasteiger partial charge is 0.497 e. The predicted molar refractivity (Wildman–Crippen MR) is 279 cm³/mol. The molecule has 77 heavy (non-hydrogen) atoms. The molecule has 29 heteroatoms. The Kier molecular flexibility index (Phi) is 29.7. The lowest BCUT2D eigenvalue weighted by atomic mass is 9.95. The molecule has 0 heterocycles. The molecule has 0 radical (unpaired) electrons. The van der Waals surface area contributed by atoms with Crippen LogP contribution in [-0.2, 0) is 47.9 Å². The fraction of sp³-hybridized carbons (Fsp3) is 0.646. The molecule has 0 fully saturated rings. The molecule has 1 rings (SSSR count). The molecule has 0 saturated heterocycles. The summed E-state index contributed by atoms with van der Waals surface area (Å²) in [6.07, 6.45) is -4.50. The molecule has 0 spiro atoms. The Hall–Kier alpha value is -7.21. The van der Waals surface area contributed by atoms with Gasteiger partial charge in [-0.2, -0.15) is 0 Å². The summed E-state index contributed by atoms with van der Waals surface area (Å²) in [6, 6.07) is -7.34. The normalized spacial score (nSPS) is 16.3. The Labute approximate surface area is 447 Å². The Morgan fingerprint density at radius 2 is 1.23 bits per heavy atom. The topological polar surface area (TPSA) is 486 Å². The number of aliphatic hydroxyl groups excluding tert-OH is 4. The van der Waals surface area contributed by atoms with Gasteiger partial charge in [-0.1, -0.05) is 60.1 Å². The van der Waals surface area contributed by atoms with Gasteiger partial charge in [0.2, 0.25) is 59.6 Å². The maximum Gasteiger partial charge on any atom is 0.248 e. The number of benzene rings is 1. The average molecular weight is 1100 g/mol. The van der Waals surface area contributed by atoms with Crippen LogP contribution in [0.3, 0.4) is 0 Å². The highest BCUT2D eigenvalue weighted by Crippen LogP contribution is 2.21. The third-order valence-electron chi connectivity index (χ3n) is 12.2. The molecule has 0 unspecified atom stereocenters. The van der Waals surface area contributed by atoms with Gasteiger partial charge in [0.05, 0.1) is 44.6 Å². The summed E-state index contributed by atoms with van der Waals surface area (Å²) in [5, 5.41) is 63.3. The zero-order valence-electron chi connectivity index (χ0n) is 45.0. The average Bonchev–Trinajstić information content (AvgIpc) is 3.37. The molecule has 21 N–H and O–H groups in total. The first-order chi connectivity index (χ1) is 36.0. The number of carbonyl (C=O) groups is 10. The maximum absolute atomic E-state index is 14.3. The minimum Gasteiger partial charge on any atom is -0.497 e. The van der Waals surface area contributed by atoms with Crippen LogP contribution in [0.2, 0.25) is 0 Å². The first-order valence-electron chi connectivity index (χ1n) is 25.0. The number of hydrogen-bond acceptors (Lipinski definition) is 17. The lowest BCUT2D eigenvalue weighted by molar-refractivity contribution is -0.138.